The summed E-state index contributed by atoms with van der Waals surface area (Å²) in [4.78, 5) is 15.0. The summed E-state index contributed by atoms with van der Waals surface area (Å²) in [5.41, 5.74) is 3.47. The number of rotatable bonds is 2. The lowest BCUT2D eigenvalue weighted by atomic mass is 10.0. The minimum Gasteiger partial charge on any atom is -0.289 e. The second-order valence-corrected chi connectivity index (χ2v) is 6.31. The van der Waals surface area contributed by atoms with E-state index >= 15 is 0 Å². The van der Waals surface area contributed by atoms with E-state index in [9.17, 15) is 4.79 Å². The van der Waals surface area contributed by atoms with Gasteiger partial charge in [0, 0.05) is 0 Å². The highest BCUT2D eigenvalue weighted by Crippen LogP contribution is 2.34. The van der Waals surface area contributed by atoms with Crippen LogP contribution in [-0.4, -0.2) is 22.0 Å². The van der Waals surface area contributed by atoms with Crippen molar-refractivity contribution in [3.05, 3.63) is 96.6 Å². The molecule has 1 atom stereocenters. The Balaban J connectivity index is 1.72. The molecule has 0 aliphatic carbocycles. The van der Waals surface area contributed by atoms with E-state index in [-0.39, 0.29) is 12.1 Å². The third-order valence-electron chi connectivity index (χ3n) is 4.56. The van der Waals surface area contributed by atoms with E-state index in [4.69, 9.17) is 0 Å². The van der Waals surface area contributed by atoms with Gasteiger partial charge in [0.25, 0.3) is 6.33 Å². The molecule has 1 amide bonds. The average Bonchev–Trinajstić information content (AvgIpc) is 3.29. The zero-order valence-corrected chi connectivity index (χ0v) is 14.1. The highest BCUT2D eigenvalue weighted by molar-refractivity contribution is 5.83. The number of nitrogens with zero attached hydrogens (tertiary/aromatic N) is 3. The third-order valence-corrected chi connectivity index (χ3v) is 4.56. The van der Waals surface area contributed by atoms with Gasteiger partial charge in [-0.3, -0.25) is 4.90 Å². The number of benzene rings is 2. The van der Waals surface area contributed by atoms with Gasteiger partial charge in [-0.15, -0.1) is 0 Å². The standard InChI is InChI=1S/C21H20N3O/c1-22-12-13-23(16-22)21(25)24-15-19(17-8-4-2-5-9-17)14-20(24)18-10-6-3-7-11-18/h2-14,16,20H,15H2,1H3/q+1/t20-/m0/s1. The quantitative estimate of drug-likeness (QED) is 0.662. The Bertz CT molecular complexity index is 913. The normalized spacial score (nSPS) is 16.8. The van der Waals surface area contributed by atoms with Gasteiger partial charge in [-0.1, -0.05) is 66.7 Å². The van der Waals surface area contributed by atoms with E-state index in [0.29, 0.717) is 6.54 Å². The van der Waals surface area contributed by atoms with Gasteiger partial charge >= 0.3 is 6.03 Å². The fourth-order valence-electron chi connectivity index (χ4n) is 3.28. The van der Waals surface area contributed by atoms with Gasteiger partial charge < -0.3 is 0 Å². The van der Waals surface area contributed by atoms with Crippen LogP contribution in [0.3, 0.4) is 0 Å². The largest absolute Gasteiger partial charge is 0.416 e. The van der Waals surface area contributed by atoms with Crippen LogP contribution in [0.4, 0.5) is 4.79 Å². The van der Waals surface area contributed by atoms with E-state index in [1.54, 1.807) is 17.1 Å². The number of aryl methyl sites for hydroxylation is 1. The van der Waals surface area contributed by atoms with Crippen molar-refractivity contribution in [1.82, 2.24) is 9.47 Å². The third kappa shape index (κ3) is 2.98. The molecule has 124 valence electrons. The smallest absolute Gasteiger partial charge is 0.289 e. The first-order chi connectivity index (χ1) is 12.2. The van der Waals surface area contributed by atoms with Crippen LogP contribution >= 0.6 is 0 Å². The van der Waals surface area contributed by atoms with Gasteiger partial charge in [0.15, 0.2) is 0 Å². The predicted octanol–water partition coefficient (Wildman–Crippen LogP) is 3.42. The Morgan fingerprint density at radius 1 is 1.04 bits per heavy atom. The van der Waals surface area contributed by atoms with E-state index in [0.717, 1.165) is 11.1 Å². The van der Waals surface area contributed by atoms with Crippen molar-refractivity contribution in [3.63, 3.8) is 0 Å². The van der Waals surface area contributed by atoms with Gasteiger partial charge in [0.2, 0.25) is 0 Å². The molecule has 3 aromatic rings. The molecule has 0 N–H and O–H groups in total. The van der Waals surface area contributed by atoms with Crippen molar-refractivity contribution in [3.8, 4) is 0 Å². The number of amides is 1. The van der Waals surface area contributed by atoms with Crippen molar-refractivity contribution in [2.75, 3.05) is 6.54 Å². The maximum atomic E-state index is 13.1. The van der Waals surface area contributed by atoms with Crippen LogP contribution in [0, 0.1) is 0 Å². The number of hydrogen-bond acceptors (Lipinski definition) is 1. The van der Waals surface area contributed by atoms with E-state index in [1.807, 2.05) is 59.1 Å². The molecule has 2 heterocycles. The molecule has 0 unspecified atom stereocenters. The molecular weight excluding hydrogens is 310 g/mol. The fourth-order valence-corrected chi connectivity index (χ4v) is 3.28. The summed E-state index contributed by atoms with van der Waals surface area (Å²) < 4.78 is 3.51. The minimum absolute atomic E-state index is 0.0170. The Hall–Kier alpha value is -3.14. The molecule has 1 aromatic heterocycles. The van der Waals surface area contributed by atoms with Crippen LogP contribution in [0.5, 0.6) is 0 Å². The summed E-state index contributed by atoms with van der Waals surface area (Å²) in [6.45, 7) is 0.601. The summed E-state index contributed by atoms with van der Waals surface area (Å²) in [7, 11) is 1.91. The zero-order valence-electron chi connectivity index (χ0n) is 14.1. The topological polar surface area (TPSA) is 29.1 Å². The molecule has 0 saturated carbocycles. The second kappa shape index (κ2) is 6.40. The highest BCUT2D eigenvalue weighted by atomic mass is 16.2. The van der Waals surface area contributed by atoms with Crippen molar-refractivity contribution in [2.45, 2.75) is 6.04 Å². The molecule has 4 nitrogen and oxygen atoms in total. The Labute approximate surface area is 147 Å². The van der Waals surface area contributed by atoms with Gasteiger partial charge in [0.05, 0.1) is 19.6 Å². The molecule has 0 bridgehead atoms. The van der Waals surface area contributed by atoms with Crippen molar-refractivity contribution in [2.24, 2.45) is 7.05 Å². The molecule has 1 aliphatic rings. The first kappa shape index (κ1) is 15.4. The van der Waals surface area contributed by atoms with Crippen molar-refractivity contribution in [1.29, 1.82) is 0 Å². The first-order valence-corrected chi connectivity index (χ1v) is 8.37. The number of aromatic nitrogens is 2. The lowest BCUT2D eigenvalue weighted by molar-refractivity contribution is -0.670. The van der Waals surface area contributed by atoms with E-state index in [1.165, 1.54) is 5.57 Å². The van der Waals surface area contributed by atoms with E-state index in [2.05, 4.69) is 30.3 Å². The molecule has 0 saturated heterocycles. The highest BCUT2D eigenvalue weighted by Gasteiger charge is 2.33. The van der Waals surface area contributed by atoms with Gasteiger partial charge in [0.1, 0.15) is 12.4 Å². The summed E-state index contributed by atoms with van der Waals surface area (Å²) in [5, 5.41) is 0. The SMILES string of the molecule is C[n+]1ccn(C(=O)N2CC(c3ccccc3)=C[C@H]2c2ccccc2)c1. The average molecular weight is 330 g/mol. The second-order valence-electron chi connectivity index (χ2n) is 6.31. The van der Waals surface area contributed by atoms with Crippen LogP contribution in [0.25, 0.3) is 5.57 Å². The minimum atomic E-state index is -0.0587. The molecule has 4 rings (SSSR count). The lowest BCUT2D eigenvalue weighted by Crippen LogP contribution is -2.35. The molecule has 0 spiro atoms. The summed E-state index contributed by atoms with van der Waals surface area (Å²) in [6.07, 6.45) is 7.67. The van der Waals surface area contributed by atoms with Crippen LogP contribution in [0.2, 0.25) is 0 Å². The zero-order chi connectivity index (χ0) is 17.2. The van der Waals surface area contributed by atoms with Crippen LogP contribution in [0.15, 0.2) is 85.5 Å². The molecule has 4 heteroatoms. The van der Waals surface area contributed by atoms with E-state index < -0.39 is 0 Å². The number of carbonyl (C=O) groups excluding carboxylic acids is 1. The van der Waals surface area contributed by atoms with Gasteiger partial charge in [-0.25, -0.2) is 9.36 Å². The first-order valence-electron chi connectivity index (χ1n) is 8.37. The van der Waals surface area contributed by atoms with Crippen LogP contribution in [0.1, 0.15) is 17.2 Å². The lowest BCUT2D eigenvalue weighted by Gasteiger charge is -2.22. The molecular formula is C21H20N3O+. The maximum absolute atomic E-state index is 13.1. The number of carbonyl (C=O) groups is 1. The van der Waals surface area contributed by atoms with Crippen LogP contribution in [-0.2, 0) is 7.05 Å². The molecule has 0 radical (unpaired) electrons. The Morgan fingerprint density at radius 2 is 1.72 bits per heavy atom. The predicted molar refractivity (Wildman–Crippen MR) is 96.7 cm³/mol. The Kier molecular flexibility index (Phi) is 3.94. The summed E-state index contributed by atoms with van der Waals surface area (Å²) >= 11 is 0. The molecule has 1 aliphatic heterocycles. The maximum Gasteiger partial charge on any atom is 0.416 e. The monoisotopic (exact) mass is 330 g/mol. The molecule has 2 aromatic carbocycles. The Morgan fingerprint density at radius 3 is 2.36 bits per heavy atom. The fraction of sp³-hybridized carbons (Fsp3) is 0.143. The van der Waals surface area contributed by atoms with Gasteiger partial charge in [-0.2, -0.15) is 4.57 Å². The summed E-state index contributed by atoms with van der Waals surface area (Å²) in [5.74, 6) is 0. The number of hydrogen-bond donors (Lipinski definition) is 0. The summed E-state index contributed by atoms with van der Waals surface area (Å²) in [6, 6.07) is 20.4. The van der Waals surface area contributed by atoms with Crippen molar-refractivity contribution >= 4 is 11.6 Å². The van der Waals surface area contributed by atoms with Crippen molar-refractivity contribution < 1.29 is 9.36 Å². The van der Waals surface area contributed by atoms with Gasteiger partial charge in [-0.05, 0) is 16.7 Å². The number of imidazole rings is 1. The van der Waals surface area contributed by atoms with Crippen LogP contribution < -0.4 is 4.57 Å². The molecule has 0 fully saturated rings. The molecule has 25 heavy (non-hydrogen) atoms.